The molecule has 39 heavy (non-hydrogen) atoms. The van der Waals surface area contributed by atoms with Gasteiger partial charge < -0.3 is 14.2 Å². The van der Waals surface area contributed by atoms with Crippen molar-refractivity contribution in [2.45, 2.75) is 38.9 Å². The van der Waals surface area contributed by atoms with E-state index in [1.165, 1.54) is 13.2 Å². The lowest BCUT2D eigenvalue weighted by atomic mass is 9.90. The Labute approximate surface area is 224 Å². The largest absolute Gasteiger partial charge is 0.496 e. The molecule has 3 aromatic carbocycles. The molecule has 0 saturated heterocycles. The molecule has 7 nitrogen and oxygen atoms in total. The van der Waals surface area contributed by atoms with E-state index < -0.39 is 30.2 Å². The van der Waals surface area contributed by atoms with Crippen molar-refractivity contribution in [3.63, 3.8) is 0 Å². The number of carbonyl (C=O) groups is 1. The van der Waals surface area contributed by atoms with Gasteiger partial charge in [0.2, 0.25) is 0 Å². The second kappa shape index (κ2) is 13.3. The monoisotopic (exact) mass is 539 g/mol. The number of hydrogen-bond acceptors (Lipinski definition) is 6. The fraction of sp³-hybridized carbons (Fsp3) is 0.276. The molecular weight excluding hydrogens is 511 g/mol. The number of rotatable bonds is 9. The maximum absolute atomic E-state index is 13.9. The van der Waals surface area contributed by atoms with Gasteiger partial charge in [0.05, 0.1) is 31.7 Å². The minimum atomic E-state index is -4.71. The van der Waals surface area contributed by atoms with Gasteiger partial charge in [0.1, 0.15) is 11.5 Å². The summed E-state index contributed by atoms with van der Waals surface area (Å²) in [6, 6.07) is 17.5. The average molecular weight is 540 g/mol. The molecule has 0 bridgehead atoms. The molecule has 3 rings (SSSR count). The zero-order valence-corrected chi connectivity index (χ0v) is 21.7. The third-order valence-electron chi connectivity index (χ3n) is 5.76. The summed E-state index contributed by atoms with van der Waals surface area (Å²) >= 11 is 0. The van der Waals surface area contributed by atoms with Crippen LogP contribution in [-0.2, 0) is 22.1 Å². The fourth-order valence-corrected chi connectivity index (χ4v) is 4.07. The van der Waals surface area contributed by atoms with Crippen LogP contribution in [0.1, 0.15) is 43.0 Å². The topological polar surface area (TPSA) is 92.9 Å². The van der Waals surface area contributed by atoms with Crippen LogP contribution in [0.4, 0.5) is 13.2 Å². The molecule has 0 aliphatic rings. The van der Waals surface area contributed by atoms with Gasteiger partial charge in [-0.3, -0.25) is 4.79 Å². The van der Waals surface area contributed by atoms with Crippen LogP contribution in [0, 0.1) is 11.5 Å². The van der Waals surface area contributed by atoms with Gasteiger partial charge in [0.15, 0.2) is 6.19 Å². The van der Waals surface area contributed by atoms with Gasteiger partial charge in [-0.1, -0.05) is 49.4 Å². The van der Waals surface area contributed by atoms with E-state index in [1.54, 1.807) is 55.5 Å². The first kappa shape index (κ1) is 29.0. The Morgan fingerprint density at radius 2 is 1.74 bits per heavy atom. The summed E-state index contributed by atoms with van der Waals surface area (Å²) in [6.07, 6.45) is -2.98. The number of nitriles is 1. The van der Waals surface area contributed by atoms with Gasteiger partial charge in [-0.05, 0) is 54.3 Å². The Hall–Kier alpha value is -4.52. The van der Waals surface area contributed by atoms with Gasteiger partial charge in [0, 0.05) is 5.56 Å². The lowest BCUT2D eigenvalue weighted by Crippen LogP contribution is -2.25. The average Bonchev–Trinajstić information content (AvgIpc) is 2.91. The maximum Gasteiger partial charge on any atom is 0.416 e. The molecule has 0 aliphatic carbocycles. The van der Waals surface area contributed by atoms with E-state index in [0.717, 1.165) is 6.07 Å². The number of methoxy groups -OCH3 is 1. The van der Waals surface area contributed by atoms with Crippen LogP contribution in [0.5, 0.6) is 11.5 Å². The van der Waals surface area contributed by atoms with Crippen molar-refractivity contribution in [3.8, 4) is 28.8 Å². The molecule has 0 amide bonds. The highest BCUT2D eigenvalue weighted by atomic mass is 19.4. The second-order valence-electron chi connectivity index (χ2n) is 8.29. The third kappa shape index (κ3) is 7.51. The van der Waals surface area contributed by atoms with Crippen LogP contribution in [0.15, 0.2) is 71.7 Å². The molecule has 1 atom stereocenters. The van der Waals surface area contributed by atoms with Crippen molar-refractivity contribution < 1.29 is 32.2 Å². The van der Waals surface area contributed by atoms with Crippen LogP contribution in [-0.4, -0.2) is 25.7 Å². The van der Waals surface area contributed by atoms with Crippen LogP contribution in [0.2, 0.25) is 0 Å². The van der Waals surface area contributed by atoms with Gasteiger partial charge in [-0.15, -0.1) is 0 Å². The third-order valence-corrected chi connectivity index (χ3v) is 5.76. The first-order valence-electron chi connectivity index (χ1n) is 12.2. The van der Waals surface area contributed by atoms with Gasteiger partial charge >= 0.3 is 18.2 Å². The fourth-order valence-electron chi connectivity index (χ4n) is 4.07. The molecule has 10 heteroatoms. The first-order valence-corrected chi connectivity index (χ1v) is 12.2. The van der Waals surface area contributed by atoms with Crippen molar-refractivity contribution in [1.82, 2.24) is 5.32 Å². The molecule has 0 aromatic heterocycles. The number of esters is 1. The number of benzene rings is 3. The minimum absolute atomic E-state index is 0.0166. The molecule has 0 saturated carbocycles. The normalized spacial score (nSPS) is 12.3. The highest BCUT2D eigenvalue weighted by molar-refractivity contribution is 5.80. The molecule has 1 unspecified atom stereocenters. The maximum atomic E-state index is 13.9. The molecule has 0 spiro atoms. The number of amidine groups is 1. The second-order valence-corrected chi connectivity index (χ2v) is 8.29. The van der Waals surface area contributed by atoms with E-state index in [9.17, 15) is 23.2 Å². The molecule has 0 aliphatic heterocycles. The predicted octanol–water partition coefficient (Wildman–Crippen LogP) is 6.44. The number of ether oxygens (including phenoxy) is 3. The van der Waals surface area contributed by atoms with E-state index in [1.807, 2.05) is 19.2 Å². The Morgan fingerprint density at radius 3 is 2.36 bits per heavy atom. The smallest absolute Gasteiger partial charge is 0.416 e. The van der Waals surface area contributed by atoms with Crippen molar-refractivity contribution in [1.29, 1.82) is 5.26 Å². The number of carbonyl (C=O) groups excluding carboxylic acids is 1. The number of hydrogen-bond donors (Lipinski definition) is 1. The molecule has 1 N–H and O–H groups in total. The highest BCUT2D eigenvalue weighted by Gasteiger charge is 2.35. The Morgan fingerprint density at radius 1 is 1.05 bits per heavy atom. The summed E-state index contributed by atoms with van der Waals surface area (Å²) in [6.45, 7) is 3.51. The van der Waals surface area contributed by atoms with Crippen LogP contribution in [0.3, 0.4) is 0 Å². The van der Waals surface area contributed by atoms with Gasteiger partial charge in [-0.25, -0.2) is 10.3 Å². The van der Waals surface area contributed by atoms with Gasteiger partial charge in [0.25, 0.3) is 0 Å². The molecule has 204 valence electrons. The van der Waals surface area contributed by atoms with E-state index in [2.05, 4.69) is 10.3 Å². The van der Waals surface area contributed by atoms with Crippen LogP contribution < -0.4 is 14.8 Å². The Bertz CT molecular complexity index is 1350. The molecule has 3 aromatic rings. The number of nitrogens with one attached hydrogen (secondary N) is 1. The van der Waals surface area contributed by atoms with Crippen molar-refractivity contribution in [3.05, 3.63) is 83.4 Å². The van der Waals surface area contributed by atoms with Crippen LogP contribution >= 0.6 is 0 Å². The highest BCUT2D eigenvalue weighted by Crippen LogP contribution is 2.42. The Balaban J connectivity index is 2.15. The first-order chi connectivity index (χ1) is 18.7. The number of aliphatic imine (C=N–C) groups is 1. The van der Waals surface area contributed by atoms with E-state index >= 15 is 0 Å². The van der Waals surface area contributed by atoms with E-state index in [0.29, 0.717) is 28.9 Å². The van der Waals surface area contributed by atoms with Gasteiger partial charge in [-0.2, -0.15) is 18.4 Å². The van der Waals surface area contributed by atoms with Crippen molar-refractivity contribution in [2.75, 3.05) is 13.7 Å². The number of alkyl halides is 3. The summed E-state index contributed by atoms with van der Waals surface area (Å²) in [5, 5.41) is 11.7. The number of halogens is 3. The summed E-state index contributed by atoms with van der Waals surface area (Å²) in [5.41, 5.74) is 0.361. The number of nitrogens with zero attached hydrogens (tertiary/aromatic N) is 2. The van der Waals surface area contributed by atoms with E-state index in [-0.39, 0.29) is 23.9 Å². The zero-order valence-electron chi connectivity index (χ0n) is 21.7. The lowest BCUT2D eigenvalue weighted by molar-refractivity contribution is -0.143. The minimum Gasteiger partial charge on any atom is -0.496 e. The lowest BCUT2D eigenvalue weighted by Gasteiger charge is -2.21. The zero-order chi connectivity index (χ0) is 28.4. The molecule has 0 heterocycles. The summed E-state index contributed by atoms with van der Waals surface area (Å²) in [7, 11) is 1.28. The quantitative estimate of drug-likeness (QED) is 0.111. The number of para-hydroxylation sites is 1. The standard InChI is InChI=1S/C29H28F3N3O4/c1-4-25(35-28(34-18-33)39-20-11-7-6-8-12-20)22-14-10-9-13-21(22)23-15-19(16-27(36)38-5-2)24(29(30,31)32)17-26(23)37-3/h6-15,17,25H,4-5,16H2,1-3H3,(H,34,35). The van der Waals surface area contributed by atoms with Crippen molar-refractivity contribution >= 4 is 12.0 Å². The van der Waals surface area contributed by atoms with Crippen LogP contribution in [0.25, 0.3) is 11.1 Å². The molecule has 0 radical (unpaired) electrons. The van der Waals surface area contributed by atoms with Crippen molar-refractivity contribution in [2.24, 2.45) is 4.99 Å². The summed E-state index contributed by atoms with van der Waals surface area (Å²) in [4.78, 5) is 16.8. The molecule has 0 fully saturated rings. The predicted molar refractivity (Wildman–Crippen MR) is 140 cm³/mol. The summed E-state index contributed by atoms with van der Waals surface area (Å²) < 4.78 is 57.8. The van der Waals surface area contributed by atoms with E-state index in [4.69, 9.17) is 14.2 Å². The summed E-state index contributed by atoms with van der Waals surface area (Å²) in [5.74, 6) is -0.319. The SMILES string of the molecule is CCOC(=O)Cc1cc(-c2ccccc2C(CC)N=C(NC#N)Oc2ccccc2)c(OC)cc1C(F)(F)F. The molecular formula is C29H28F3N3O4. The Kier molecular flexibility index (Phi) is 9.92.